The van der Waals surface area contributed by atoms with Crippen LogP contribution in [0.2, 0.25) is 0 Å². The molecule has 2 N–H and O–H groups in total. The van der Waals surface area contributed by atoms with E-state index in [1.54, 1.807) is 29.3 Å². The number of aryl methyl sites for hydroxylation is 1. The first-order valence-electron chi connectivity index (χ1n) is 27.5. The third-order valence-corrected chi connectivity index (χ3v) is 17.9. The summed E-state index contributed by atoms with van der Waals surface area (Å²) in [5.74, 6) is -0.262. The van der Waals surface area contributed by atoms with Gasteiger partial charge in [-0.3, -0.25) is 29.6 Å². The first-order valence-corrected chi connectivity index (χ1v) is 27.5. The number of piperidine rings is 3. The van der Waals surface area contributed by atoms with Crippen LogP contribution in [0.1, 0.15) is 99.5 Å². The van der Waals surface area contributed by atoms with E-state index in [-0.39, 0.29) is 59.4 Å². The number of pyridine rings is 1. The number of hydrogen-bond donors (Lipinski definition) is 2. The van der Waals surface area contributed by atoms with Crippen LogP contribution in [-0.4, -0.2) is 150 Å². The Morgan fingerprint density at radius 2 is 1.67 bits per heavy atom. The minimum absolute atomic E-state index is 0.0107. The van der Waals surface area contributed by atoms with Gasteiger partial charge in [0, 0.05) is 101 Å². The molecular formula is C58H69F2N9O7. The van der Waals surface area contributed by atoms with E-state index in [1.807, 2.05) is 30.9 Å². The van der Waals surface area contributed by atoms with Gasteiger partial charge in [-0.25, -0.2) is 8.78 Å². The summed E-state index contributed by atoms with van der Waals surface area (Å²) in [7, 11) is 1.52. The molecule has 18 heteroatoms. The van der Waals surface area contributed by atoms with Crippen molar-refractivity contribution in [2.24, 2.45) is 16.7 Å². The molecule has 76 heavy (non-hydrogen) atoms. The number of benzene rings is 3. The summed E-state index contributed by atoms with van der Waals surface area (Å²) in [6.45, 7) is 13.4. The van der Waals surface area contributed by atoms with Crippen LogP contribution in [0.4, 0.5) is 20.3 Å². The van der Waals surface area contributed by atoms with Crippen molar-refractivity contribution < 1.29 is 42.5 Å². The fourth-order valence-corrected chi connectivity index (χ4v) is 13.6. The third kappa shape index (κ3) is 9.83. The number of hydrogen-bond acceptors (Lipinski definition) is 14. The molecule has 0 radical (unpaired) electrons. The first kappa shape index (κ1) is 50.7. The number of carbonyl (C=O) groups excluding carboxylic acids is 3. The molecule has 0 bridgehead atoms. The molecule has 5 aromatic rings. The zero-order valence-electron chi connectivity index (χ0n) is 44.0. The molecule has 7 aliphatic rings. The highest BCUT2D eigenvalue weighted by Crippen LogP contribution is 2.54. The number of halogens is 2. The number of fused-ring (bicyclic) bond motifs is 3. The largest absolute Gasteiger partial charge is 0.468 e. The maximum absolute atomic E-state index is 17.4. The quantitative estimate of drug-likeness (QED) is 0.0795. The van der Waals surface area contributed by atoms with Crippen molar-refractivity contribution in [3.8, 4) is 23.0 Å². The Labute approximate surface area is 442 Å². The van der Waals surface area contributed by atoms with Crippen LogP contribution in [0.3, 0.4) is 0 Å². The van der Waals surface area contributed by atoms with E-state index >= 15 is 8.78 Å². The molecule has 2 aliphatic carbocycles. The van der Waals surface area contributed by atoms with E-state index in [4.69, 9.17) is 29.2 Å². The number of methoxy groups -OCH3 is 1. The van der Waals surface area contributed by atoms with Crippen molar-refractivity contribution in [1.82, 2.24) is 35.0 Å². The second-order valence-corrected chi connectivity index (χ2v) is 23.4. The van der Waals surface area contributed by atoms with Gasteiger partial charge in [-0.05, 0) is 154 Å². The molecule has 0 unspecified atom stereocenters. The molecule has 6 fully saturated rings. The summed E-state index contributed by atoms with van der Waals surface area (Å²) in [4.78, 5) is 63.1. The Bertz CT molecular complexity index is 3090. The van der Waals surface area contributed by atoms with Crippen LogP contribution in [-0.2, 0) is 27.3 Å². The van der Waals surface area contributed by atoms with E-state index in [2.05, 4.69) is 26.1 Å². The molecule has 3 aromatic carbocycles. The van der Waals surface area contributed by atoms with Crippen molar-refractivity contribution >= 4 is 50.9 Å². The molecule has 1 spiro atoms. The lowest BCUT2D eigenvalue weighted by atomic mass is 9.57. The second kappa shape index (κ2) is 20.1. The minimum Gasteiger partial charge on any atom is -0.468 e. The van der Waals surface area contributed by atoms with Gasteiger partial charge in [-0.1, -0.05) is 13.0 Å². The minimum atomic E-state index is -0.961. The van der Waals surface area contributed by atoms with Crippen molar-refractivity contribution in [2.75, 3.05) is 95.8 Å². The van der Waals surface area contributed by atoms with Gasteiger partial charge in [-0.15, -0.1) is 0 Å². The van der Waals surface area contributed by atoms with Crippen molar-refractivity contribution in [3.63, 3.8) is 0 Å². The van der Waals surface area contributed by atoms with E-state index in [1.165, 1.54) is 38.9 Å². The maximum atomic E-state index is 17.4. The van der Waals surface area contributed by atoms with Gasteiger partial charge in [0.1, 0.15) is 34.6 Å². The van der Waals surface area contributed by atoms with Gasteiger partial charge in [0.15, 0.2) is 12.6 Å². The highest BCUT2D eigenvalue weighted by Gasteiger charge is 2.50. The molecular weight excluding hydrogens is 973 g/mol. The highest BCUT2D eigenvalue weighted by atomic mass is 19.1. The van der Waals surface area contributed by atoms with E-state index in [0.29, 0.717) is 101 Å². The second-order valence-electron chi connectivity index (χ2n) is 23.4. The number of nitrogens with one attached hydrogen (secondary N) is 1. The van der Waals surface area contributed by atoms with E-state index in [9.17, 15) is 19.5 Å². The van der Waals surface area contributed by atoms with Crippen LogP contribution in [0.25, 0.3) is 32.9 Å². The zero-order chi connectivity index (χ0) is 52.5. The molecule has 4 saturated heterocycles. The fourth-order valence-electron chi connectivity index (χ4n) is 13.6. The number of ether oxygens (including phenoxy) is 3. The number of carbonyl (C=O) groups is 3. The Morgan fingerprint density at radius 1 is 0.868 bits per heavy atom. The summed E-state index contributed by atoms with van der Waals surface area (Å²) in [5, 5.41) is 15.2. The molecule has 12 rings (SSSR count). The van der Waals surface area contributed by atoms with Crippen molar-refractivity contribution in [3.05, 3.63) is 77.0 Å². The van der Waals surface area contributed by atoms with Gasteiger partial charge < -0.3 is 38.9 Å². The Kier molecular flexibility index (Phi) is 13.4. The van der Waals surface area contributed by atoms with Crippen molar-refractivity contribution in [1.29, 1.82) is 0 Å². The fraction of sp³-hybridized carbons (Fsp3) is 0.552. The van der Waals surface area contributed by atoms with Crippen LogP contribution >= 0.6 is 0 Å². The standard InChI is InChI=1S/C58H69F2N9O7/c1-4-41-45(59)9-6-37-25-40(76-35-74-3)26-43(48(37)41)50-49(60)51-44(29-61-50)52(68-17-5-12-56(2,73)32-68)64-55(63-51)75-34-58(13-14-58)33-66-18-15-57(16-19-66)27-36(28-57)30-65-20-22-67(23-21-65)39-7-8-42-38(24-39)31-69(54(42)72)46-10-11-47(70)62-53(46)71/h6-9,24-26,29,36,46,73H,4-5,10-23,27-28,30-35H2,1-3H3,(H,62,70,71)/t46-,56+/m0/s1. The van der Waals surface area contributed by atoms with Crippen LogP contribution in [0, 0.1) is 28.4 Å². The van der Waals surface area contributed by atoms with E-state index in [0.717, 1.165) is 82.9 Å². The van der Waals surface area contributed by atoms with Gasteiger partial charge in [0.2, 0.25) is 11.8 Å². The number of piperazine rings is 1. The zero-order valence-corrected chi connectivity index (χ0v) is 44.0. The molecule has 2 aromatic heterocycles. The van der Waals surface area contributed by atoms with Crippen LogP contribution < -0.4 is 24.6 Å². The number of anilines is 2. The Morgan fingerprint density at radius 3 is 2.41 bits per heavy atom. The van der Waals surface area contributed by atoms with Gasteiger partial charge in [0.25, 0.3) is 5.91 Å². The Balaban J connectivity index is 0.671. The lowest BCUT2D eigenvalue weighted by molar-refractivity contribution is -0.136. The highest BCUT2D eigenvalue weighted by molar-refractivity contribution is 6.06. The molecule has 2 atom stereocenters. The lowest BCUT2D eigenvalue weighted by Crippen LogP contribution is -2.53. The number of imide groups is 1. The molecule has 402 valence electrons. The third-order valence-electron chi connectivity index (χ3n) is 17.9. The number of β-amino-alcohol motifs (C(OH)–C–C–N with tert-alkyl or cyclic N) is 1. The predicted octanol–water partition coefficient (Wildman–Crippen LogP) is 7.25. The lowest BCUT2D eigenvalue weighted by Gasteiger charge is -2.54. The number of likely N-dealkylation sites (tertiary alicyclic amines) is 1. The van der Waals surface area contributed by atoms with Crippen molar-refractivity contribution in [2.45, 2.75) is 103 Å². The number of rotatable bonds is 15. The summed E-state index contributed by atoms with van der Waals surface area (Å²) in [5.41, 5.74) is 3.01. The van der Waals surface area contributed by atoms with Gasteiger partial charge in [-0.2, -0.15) is 9.97 Å². The average Bonchev–Trinajstić information content (AvgIpc) is 4.14. The van der Waals surface area contributed by atoms with Crippen LogP contribution in [0.5, 0.6) is 11.8 Å². The molecule has 16 nitrogen and oxygen atoms in total. The Hall–Kier alpha value is -6.08. The van der Waals surface area contributed by atoms with Gasteiger partial charge in [0.05, 0.1) is 17.6 Å². The maximum Gasteiger partial charge on any atom is 0.319 e. The normalized spacial score (nSPS) is 23.8. The smallest absolute Gasteiger partial charge is 0.319 e. The van der Waals surface area contributed by atoms with Crippen LogP contribution in [0.15, 0.2) is 48.7 Å². The summed E-state index contributed by atoms with van der Waals surface area (Å²) < 4.78 is 50.4. The van der Waals surface area contributed by atoms with E-state index < -0.39 is 17.5 Å². The topological polar surface area (TPSA) is 166 Å². The summed E-state index contributed by atoms with van der Waals surface area (Å²) in [6, 6.07) is 12.1. The number of aromatic nitrogens is 3. The molecule has 3 amide bonds. The molecule has 7 heterocycles. The molecule has 5 aliphatic heterocycles. The predicted molar refractivity (Wildman–Crippen MR) is 283 cm³/mol. The number of aliphatic hydroxyl groups is 1. The average molecular weight is 1040 g/mol. The number of nitrogens with zero attached hydrogens (tertiary/aromatic N) is 8. The monoisotopic (exact) mass is 1040 g/mol. The summed E-state index contributed by atoms with van der Waals surface area (Å²) >= 11 is 0. The summed E-state index contributed by atoms with van der Waals surface area (Å²) in [6.07, 6.45) is 11.0. The number of amides is 3. The SMILES string of the molecule is CCc1c(F)ccc2cc(OCOC)cc(-c3ncc4c(N5CCC[C@@](C)(O)C5)nc(OCC5(CN6CCC7(CC6)CC(CN6CCN(c8ccc9c(c8)CN([C@H]8CCC(=O)NC8=O)C9=O)CC6)C7)CC5)nc4c3F)c12. The molecule has 2 saturated carbocycles. The first-order chi connectivity index (χ1) is 36.7. The van der Waals surface area contributed by atoms with Gasteiger partial charge >= 0.3 is 6.01 Å².